The molecule has 1 aliphatic heterocycles. The van der Waals surface area contributed by atoms with Crippen molar-refractivity contribution in [3.63, 3.8) is 0 Å². The molecule has 0 saturated carbocycles. The largest absolute Gasteiger partial charge is 0.506 e. The van der Waals surface area contributed by atoms with Crippen LogP contribution in [-0.4, -0.2) is 36.2 Å². The molecule has 1 aliphatic rings. The number of rotatable bonds is 3. The van der Waals surface area contributed by atoms with Crippen molar-refractivity contribution in [3.05, 3.63) is 39.8 Å². The molecule has 114 valence electrons. The summed E-state index contributed by atoms with van der Waals surface area (Å²) >= 11 is 9.37. The quantitative estimate of drug-likeness (QED) is 0.753. The van der Waals surface area contributed by atoms with Crippen LogP contribution in [0.5, 0.6) is 5.75 Å². The van der Waals surface area contributed by atoms with Crippen molar-refractivity contribution in [2.75, 3.05) is 26.2 Å². The molecule has 1 aromatic rings. The molecule has 0 bridgehead atoms. The highest BCUT2D eigenvalue weighted by Gasteiger charge is 2.23. The molecule has 1 fully saturated rings. The minimum Gasteiger partial charge on any atom is -0.506 e. The maximum atomic E-state index is 10.2. The van der Waals surface area contributed by atoms with Crippen LogP contribution in [0.2, 0.25) is 5.02 Å². The summed E-state index contributed by atoms with van der Waals surface area (Å²) in [6, 6.07) is 3.48. The Hall–Kier alpha value is 0.0300. The normalized spacial score (nSPS) is 16.7. The monoisotopic (exact) mass is 402 g/mol. The zero-order valence-corrected chi connectivity index (χ0v) is 14.8. The Labute approximate surface area is 145 Å². The highest BCUT2D eigenvalue weighted by molar-refractivity contribution is 9.10. The third kappa shape index (κ3) is 4.52. The summed E-state index contributed by atoms with van der Waals surface area (Å²) in [5.74, 6) is 0.239. The van der Waals surface area contributed by atoms with E-state index in [0.29, 0.717) is 9.50 Å². The lowest BCUT2D eigenvalue weighted by Gasteiger charge is -2.33. The number of hydrogen-bond acceptors (Lipinski definition) is 3. The van der Waals surface area contributed by atoms with E-state index in [1.807, 2.05) is 6.08 Å². The molecule has 3 nitrogen and oxygen atoms in total. The Morgan fingerprint density at radius 1 is 1.35 bits per heavy atom. The molecule has 0 aromatic heterocycles. The van der Waals surface area contributed by atoms with Crippen molar-refractivity contribution < 1.29 is 5.11 Å². The second-order valence-electron chi connectivity index (χ2n) is 4.29. The number of phenols is 1. The van der Waals surface area contributed by atoms with E-state index >= 15 is 0 Å². The van der Waals surface area contributed by atoms with Crippen LogP contribution in [0.15, 0.2) is 29.3 Å². The number of hydrogen-bond donors (Lipinski definition) is 2. The standard InChI is InChI=1S/C13H16BrClN2O.2ClH/c1-2-12(17-5-3-16-4-6-17)10-7-9(15)8-11(14)13(10)18;;/h2,7-8,12,16,18H,1,3-6H2;2*1H/t12-;;/m0../s1. The molecule has 1 atom stereocenters. The topological polar surface area (TPSA) is 35.5 Å². The molecular formula is C13H18BrCl3N2O. The molecule has 2 rings (SSSR count). The molecular weight excluding hydrogens is 386 g/mol. The third-order valence-electron chi connectivity index (χ3n) is 3.14. The van der Waals surface area contributed by atoms with Gasteiger partial charge in [-0.1, -0.05) is 17.7 Å². The number of nitrogens with one attached hydrogen (secondary N) is 1. The average Bonchev–Trinajstić information content (AvgIpc) is 2.37. The van der Waals surface area contributed by atoms with E-state index in [1.165, 1.54) is 0 Å². The summed E-state index contributed by atoms with van der Waals surface area (Å²) in [6.07, 6.45) is 1.85. The number of nitrogens with zero attached hydrogens (tertiary/aromatic N) is 1. The second kappa shape index (κ2) is 9.13. The van der Waals surface area contributed by atoms with Gasteiger partial charge in [-0.25, -0.2) is 0 Å². The first-order chi connectivity index (χ1) is 8.63. The number of benzene rings is 1. The van der Waals surface area contributed by atoms with Crippen LogP contribution in [0.3, 0.4) is 0 Å². The third-order valence-corrected chi connectivity index (χ3v) is 3.97. The fourth-order valence-corrected chi connectivity index (χ4v) is 3.08. The Morgan fingerprint density at radius 2 is 1.95 bits per heavy atom. The number of phenolic OH excluding ortho intramolecular Hbond substituents is 1. The predicted octanol–water partition coefficient (Wildman–Crippen LogP) is 3.78. The Kier molecular flexibility index (Phi) is 9.14. The molecule has 0 spiro atoms. The average molecular weight is 405 g/mol. The van der Waals surface area contributed by atoms with Gasteiger partial charge < -0.3 is 10.4 Å². The van der Waals surface area contributed by atoms with Gasteiger partial charge in [-0.15, -0.1) is 31.4 Å². The fraction of sp³-hybridized carbons (Fsp3) is 0.385. The van der Waals surface area contributed by atoms with E-state index < -0.39 is 0 Å². The summed E-state index contributed by atoms with van der Waals surface area (Å²) in [4.78, 5) is 2.28. The molecule has 20 heavy (non-hydrogen) atoms. The predicted molar refractivity (Wildman–Crippen MR) is 92.7 cm³/mol. The summed E-state index contributed by atoms with van der Waals surface area (Å²) in [7, 11) is 0. The lowest BCUT2D eigenvalue weighted by atomic mass is 10.0. The molecule has 1 aromatic carbocycles. The van der Waals surface area contributed by atoms with Crippen molar-refractivity contribution in [3.8, 4) is 5.75 Å². The number of aromatic hydroxyl groups is 1. The van der Waals surface area contributed by atoms with Gasteiger partial charge in [0.05, 0.1) is 10.5 Å². The van der Waals surface area contributed by atoms with Gasteiger partial charge in [0.25, 0.3) is 0 Å². The van der Waals surface area contributed by atoms with E-state index in [1.54, 1.807) is 12.1 Å². The van der Waals surface area contributed by atoms with Crippen molar-refractivity contribution >= 4 is 52.3 Å². The van der Waals surface area contributed by atoms with Crippen LogP contribution in [0.4, 0.5) is 0 Å². The molecule has 0 amide bonds. The van der Waals surface area contributed by atoms with Gasteiger partial charge in [-0.3, -0.25) is 4.90 Å². The zero-order valence-electron chi connectivity index (χ0n) is 10.8. The maximum Gasteiger partial charge on any atom is 0.134 e. The van der Waals surface area contributed by atoms with E-state index in [-0.39, 0.29) is 36.6 Å². The first kappa shape index (κ1) is 20.0. The molecule has 0 unspecified atom stereocenters. The molecule has 2 N–H and O–H groups in total. The van der Waals surface area contributed by atoms with Crippen molar-refractivity contribution in [1.29, 1.82) is 0 Å². The fourth-order valence-electron chi connectivity index (χ4n) is 2.24. The lowest BCUT2D eigenvalue weighted by Crippen LogP contribution is -2.44. The maximum absolute atomic E-state index is 10.2. The van der Waals surface area contributed by atoms with Gasteiger partial charge in [0.2, 0.25) is 0 Å². The smallest absolute Gasteiger partial charge is 0.134 e. The highest BCUT2D eigenvalue weighted by Crippen LogP contribution is 2.37. The summed E-state index contributed by atoms with van der Waals surface area (Å²) in [5.41, 5.74) is 0.797. The van der Waals surface area contributed by atoms with E-state index in [9.17, 15) is 5.11 Å². The Morgan fingerprint density at radius 3 is 2.50 bits per heavy atom. The van der Waals surface area contributed by atoms with Gasteiger partial charge in [0, 0.05) is 36.8 Å². The van der Waals surface area contributed by atoms with Crippen LogP contribution in [0.1, 0.15) is 11.6 Å². The van der Waals surface area contributed by atoms with Gasteiger partial charge in [-0.2, -0.15) is 0 Å². The Bertz CT molecular complexity index is 453. The van der Waals surface area contributed by atoms with Crippen molar-refractivity contribution in [1.82, 2.24) is 10.2 Å². The van der Waals surface area contributed by atoms with Crippen LogP contribution < -0.4 is 5.32 Å². The summed E-state index contributed by atoms with van der Waals surface area (Å²) < 4.78 is 0.618. The van der Waals surface area contributed by atoms with Crippen molar-refractivity contribution in [2.24, 2.45) is 0 Å². The first-order valence-corrected chi connectivity index (χ1v) is 7.06. The Balaban J connectivity index is 0.00000180. The zero-order chi connectivity index (χ0) is 13.1. The first-order valence-electron chi connectivity index (χ1n) is 5.88. The molecule has 0 aliphatic carbocycles. The highest BCUT2D eigenvalue weighted by atomic mass is 79.9. The van der Waals surface area contributed by atoms with Gasteiger partial charge in [0.15, 0.2) is 0 Å². The van der Waals surface area contributed by atoms with Crippen LogP contribution >= 0.6 is 52.3 Å². The van der Waals surface area contributed by atoms with Gasteiger partial charge >= 0.3 is 0 Å². The number of piperazine rings is 1. The summed E-state index contributed by atoms with van der Waals surface area (Å²) in [6.45, 7) is 7.65. The van der Waals surface area contributed by atoms with Crippen molar-refractivity contribution in [2.45, 2.75) is 6.04 Å². The minimum atomic E-state index is -0.0119. The number of halogens is 4. The SMILES string of the molecule is C=C[C@@H](c1cc(Cl)cc(Br)c1O)N1CCNCC1.Cl.Cl. The summed E-state index contributed by atoms with van der Waals surface area (Å²) in [5, 5.41) is 14.1. The molecule has 0 radical (unpaired) electrons. The minimum absolute atomic E-state index is 0. The van der Waals surface area contributed by atoms with Crippen LogP contribution in [-0.2, 0) is 0 Å². The van der Waals surface area contributed by atoms with Gasteiger partial charge in [0.1, 0.15) is 5.75 Å². The molecule has 1 heterocycles. The second-order valence-corrected chi connectivity index (χ2v) is 5.58. The van der Waals surface area contributed by atoms with E-state index in [2.05, 4.69) is 32.7 Å². The lowest BCUT2D eigenvalue weighted by molar-refractivity contribution is 0.201. The molecule has 7 heteroatoms. The van der Waals surface area contributed by atoms with Gasteiger partial charge in [-0.05, 0) is 28.1 Å². The van der Waals surface area contributed by atoms with Crippen LogP contribution in [0, 0.1) is 0 Å². The van der Waals surface area contributed by atoms with E-state index in [4.69, 9.17) is 11.6 Å². The van der Waals surface area contributed by atoms with Crippen LogP contribution in [0.25, 0.3) is 0 Å². The van der Waals surface area contributed by atoms with E-state index in [0.717, 1.165) is 31.7 Å². The molecule has 1 saturated heterocycles.